The first-order valence-electron chi connectivity index (χ1n) is 11.7. The molecule has 0 aliphatic carbocycles. The summed E-state index contributed by atoms with van der Waals surface area (Å²) in [5.41, 5.74) is 9.00. The van der Waals surface area contributed by atoms with E-state index in [4.69, 9.17) is 4.98 Å². The lowest BCUT2D eigenvalue weighted by molar-refractivity contribution is 0.402. The van der Waals surface area contributed by atoms with Gasteiger partial charge in [-0.2, -0.15) is 5.10 Å². The molecule has 4 aromatic heterocycles. The number of halogens is 1. The molecule has 0 unspecified atom stereocenters. The van der Waals surface area contributed by atoms with Crippen molar-refractivity contribution < 1.29 is 4.39 Å². The molecule has 5 aromatic rings. The minimum absolute atomic E-state index is 0.283. The monoisotopic (exact) mass is 478 g/mol. The standard InChI is InChI=1S/C29H27FN6/c1-5-8-21(22-9-6-7-10-24(22)30)23-14-27(32-18(23)2)29-28-26(34-35-29)12-11-25(33-28)20-13-19(15-31-16-20)17-36(3)4/h5-16,32H,1,17H2,2-4H3,(H,34,35)/b21-8-. The van der Waals surface area contributed by atoms with Crippen LogP contribution >= 0.6 is 0 Å². The molecule has 0 saturated carbocycles. The van der Waals surface area contributed by atoms with E-state index in [0.717, 1.165) is 56.9 Å². The van der Waals surface area contributed by atoms with Crippen molar-refractivity contribution in [1.82, 2.24) is 30.0 Å². The second kappa shape index (κ2) is 9.71. The molecule has 180 valence electrons. The molecule has 0 spiro atoms. The number of nitrogens with one attached hydrogen (secondary N) is 2. The summed E-state index contributed by atoms with van der Waals surface area (Å²) in [5, 5.41) is 7.63. The van der Waals surface area contributed by atoms with Gasteiger partial charge in [0.2, 0.25) is 0 Å². The average molecular weight is 479 g/mol. The van der Waals surface area contributed by atoms with Crippen molar-refractivity contribution >= 4 is 16.6 Å². The number of hydrogen-bond donors (Lipinski definition) is 2. The minimum Gasteiger partial charge on any atom is -0.357 e. The van der Waals surface area contributed by atoms with Gasteiger partial charge in [-0.05, 0) is 62.5 Å². The topological polar surface area (TPSA) is 73.5 Å². The summed E-state index contributed by atoms with van der Waals surface area (Å²) in [7, 11) is 4.06. The van der Waals surface area contributed by atoms with Gasteiger partial charge in [0.25, 0.3) is 0 Å². The summed E-state index contributed by atoms with van der Waals surface area (Å²) in [6.45, 7) is 6.59. The number of fused-ring (bicyclic) bond motifs is 1. The third-order valence-electron chi connectivity index (χ3n) is 6.01. The first kappa shape index (κ1) is 23.4. The normalized spacial score (nSPS) is 12.0. The van der Waals surface area contributed by atoms with E-state index in [1.807, 2.05) is 63.8 Å². The molecule has 0 aliphatic rings. The van der Waals surface area contributed by atoms with Gasteiger partial charge in [-0.1, -0.05) is 36.9 Å². The Balaban J connectivity index is 1.58. The third kappa shape index (κ3) is 4.48. The number of rotatable bonds is 7. The SMILES string of the molecule is C=C/C=C(/c1ccccc1F)c1cc(-c2n[nH]c3ccc(-c4cncc(CN(C)C)c4)nc23)[nH]c1C. The molecule has 5 rings (SSSR count). The second-order valence-electron chi connectivity index (χ2n) is 9.00. The van der Waals surface area contributed by atoms with E-state index in [-0.39, 0.29) is 5.82 Å². The summed E-state index contributed by atoms with van der Waals surface area (Å²) in [6.07, 6.45) is 7.19. The predicted octanol–water partition coefficient (Wildman–Crippen LogP) is 6.14. The Morgan fingerprint density at radius 2 is 1.92 bits per heavy atom. The lowest BCUT2D eigenvalue weighted by Crippen LogP contribution is -2.10. The van der Waals surface area contributed by atoms with Gasteiger partial charge in [0.1, 0.15) is 17.0 Å². The highest BCUT2D eigenvalue weighted by Gasteiger charge is 2.18. The summed E-state index contributed by atoms with van der Waals surface area (Å²) in [5.74, 6) is -0.283. The van der Waals surface area contributed by atoms with Crippen molar-refractivity contribution in [2.75, 3.05) is 14.1 Å². The fourth-order valence-corrected chi connectivity index (χ4v) is 4.41. The molecule has 0 radical (unpaired) electrons. The molecule has 4 heterocycles. The van der Waals surface area contributed by atoms with Crippen molar-refractivity contribution in [3.63, 3.8) is 0 Å². The van der Waals surface area contributed by atoms with Crippen LogP contribution in [0, 0.1) is 12.7 Å². The van der Waals surface area contributed by atoms with Crippen LogP contribution in [0.3, 0.4) is 0 Å². The minimum atomic E-state index is -0.283. The van der Waals surface area contributed by atoms with Crippen LogP contribution in [0.2, 0.25) is 0 Å². The number of pyridine rings is 2. The maximum atomic E-state index is 14.7. The Bertz CT molecular complexity index is 1590. The van der Waals surface area contributed by atoms with Gasteiger partial charge in [0.15, 0.2) is 0 Å². The lowest BCUT2D eigenvalue weighted by atomic mass is 9.97. The number of H-pyrrole nitrogens is 2. The van der Waals surface area contributed by atoms with Gasteiger partial charge in [-0.15, -0.1) is 0 Å². The van der Waals surface area contributed by atoms with E-state index in [1.165, 1.54) is 6.07 Å². The van der Waals surface area contributed by atoms with Gasteiger partial charge in [0.05, 0.1) is 16.9 Å². The van der Waals surface area contributed by atoms with Gasteiger partial charge < -0.3 is 9.88 Å². The van der Waals surface area contributed by atoms with E-state index in [2.05, 4.69) is 37.7 Å². The number of aryl methyl sites for hydroxylation is 1. The van der Waals surface area contributed by atoms with Crippen LogP contribution < -0.4 is 0 Å². The zero-order valence-electron chi connectivity index (χ0n) is 20.5. The Labute approximate surface area is 209 Å². The van der Waals surface area contributed by atoms with Crippen LogP contribution in [0.15, 0.2) is 79.7 Å². The third-order valence-corrected chi connectivity index (χ3v) is 6.01. The highest BCUT2D eigenvalue weighted by atomic mass is 19.1. The van der Waals surface area contributed by atoms with Crippen LogP contribution in [0.4, 0.5) is 4.39 Å². The Hall–Kier alpha value is -4.36. The summed E-state index contributed by atoms with van der Waals surface area (Å²) in [6, 6.07) is 14.8. The number of benzene rings is 1. The van der Waals surface area contributed by atoms with Crippen molar-refractivity contribution in [2.24, 2.45) is 0 Å². The van der Waals surface area contributed by atoms with Crippen LogP contribution in [0.1, 0.15) is 22.4 Å². The highest BCUT2D eigenvalue weighted by molar-refractivity contribution is 5.92. The van der Waals surface area contributed by atoms with Crippen molar-refractivity contribution in [3.05, 3.63) is 108 Å². The molecule has 36 heavy (non-hydrogen) atoms. The van der Waals surface area contributed by atoms with Crippen LogP contribution in [0.25, 0.3) is 39.3 Å². The van der Waals surface area contributed by atoms with E-state index < -0.39 is 0 Å². The molecule has 7 heteroatoms. The predicted molar refractivity (Wildman–Crippen MR) is 143 cm³/mol. The van der Waals surface area contributed by atoms with E-state index in [0.29, 0.717) is 11.3 Å². The van der Waals surface area contributed by atoms with E-state index in [1.54, 1.807) is 18.2 Å². The maximum Gasteiger partial charge on any atom is 0.135 e. The molecule has 0 amide bonds. The zero-order chi connectivity index (χ0) is 25.2. The lowest BCUT2D eigenvalue weighted by Gasteiger charge is -2.10. The largest absolute Gasteiger partial charge is 0.357 e. The fourth-order valence-electron chi connectivity index (χ4n) is 4.41. The smallest absolute Gasteiger partial charge is 0.135 e. The number of aromatic amines is 2. The fraction of sp³-hybridized carbons (Fsp3) is 0.138. The summed E-state index contributed by atoms with van der Waals surface area (Å²) in [4.78, 5) is 14.9. The summed E-state index contributed by atoms with van der Waals surface area (Å²) >= 11 is 0. The Morgan fingerprint density at radius 1 is 1.08 bits per heavy atom. The van der Waals surface area contributed by atoms with Crippen molar-refractivity contribution in [1.29, 1.82) is 0 Å². The first-order valence-corrected chi connectivity index (χ1v) is 11.7. The molecular formula is C29H27FN6. The molecule has 1 aromatic carbocycles. The quantitative estimate of drug-likeness (QED) is 0.276. The van der Waals surface area contributed by atoms with Gasteiger partial charge >= 0.3 is 0 Å². The van der Waals surface area contributed by atoms with E-state index >= 15 is 0 Å². The van der Waals surface area contributed by atoms with Crippen LogP contribution in [-0.2, 0) is 6.54 Å². The first-order chi connectivity index (χ1) is 17.4. The average Bonchev–Trinajstić information content (AvgIpc) is 3.45. The number of hydrogen-bond acceptors (Lipinski definition) is 4. The molecule has 0 fully saturated rings. The van der Waals surface area contributed by atoms with Crippen LogP contribution in [0.5, 0.6) is 0 Å². The number of aromatic nitrogens is 5. The molecule has 0 atom stereocenters. The van der Waals surface area contributed by atoms with E-state index in [9.17, 15) is 4.39 Å². The molecule has 2 N–H and O–H groups in total. The van der Waals surface area contributed by atoms with Crippen LogP contribution in [-0.4, -0.2) is 44.1 Å². The number of nitrogens with zero attached hydrogens (tertiary/aromatic N) is 4. The molecule has 0 bridgehead atoms. The Morgan fingerprint density at radius 3 is 2.69 bits per heavy atom. The highest BCUT2D eigenvalue weighted by Crippen LogP contribution is 2.34. The molecule has 6 nitrogen and oxygen atoms in total. The van der Waals surface area contributed by atoms with Gasteiger partial charge in [-0.3, -0.25) is 10.1 Å². The van der Waals surface area contributed by atoms with Gasteiger partial charge in [-0.25, -0.2) is 9.37 Å². The summed E-state index contributed by atoms with van der Waals surface area (Å²) < 4.78 is 14.7. The van der Waals surface area contributed by atoms with Crippen molar-refractivity contribution in [2.45, 2.75) is 13.5 Å². The molecule has 0 aliphatic heterocycles. The zero-order valence-corrected chi connectivity index (χ0v) is 20.5. The van der Waals surface area contributed by atoms with Gasteiger partial charge in [0, 0.05) is 41.3 Å². The Kier molecular flexibility index (Phi) is 6.31. The molecule has 0 saturated heterocycles. The number of allylic oxidation sites excluding steroid dienone is 2. The second-order valence-corrected chi connectivity index (χ2v) is 9.00. The van der Waals surface area contributed by atoms with Crippen molar-refractivity contribution in [3.8, 4) is 22.6 Å². The maximum absolute atomic E-state index is 14.7. The molecular weight excluding hydrogens is 451 g/mol.